The molecular formula is C14H15ClFN3O. The lowest BCUT2D eigenvalue weighted by Crippen LogP contribution is -2.17. The van der Waals surface area contributed by atoms with Gasteiger partial charge in [0.25, 0.3) is 0 Å². The number of hydrogen-bond acceptors (Lipinski definition) is 4. The molecule has 0 radical (unpaired) electrons. The summed E-state index contributed by atoms with van der Waals surface area (Å²) in [7, 11) is 0. The van der Waals surface area contributed by atoms with Gasteiger partial charge in [0.05, 0.1) is 5.02 Å². The predicted molar refractivity (Wildman–Crippen MR) is 76.6 cm³/mol. The third kappa shape index (κ3) is 3.36. The normalized spacial score (nSPS) is 11.4. The highest BCUT2D eigenvalue weighted by atomic mass is 35.5. The van der Waals surface area contributed by atoms with Gasteiger partial charge in [0, 0.05) is 11.5 Å². The van der Waals surface area contributed by atoms with Crippen LogP contribution in [0.25, 0.3) is 0 Å². The molecule has 4 nitrogen and oxygen atoms in total. The van der Waals surface area contributed by atoms with Crippen molar-refractivity contribution in [3.63, 3.8) is 0 Å². The summed E-state index contributed by atoms with van der Waals surface area (Å²) >= 11 is 5.91. The molecule has 0 aliphatic carbocycles. The van der Waals surface area contributed by atoms with Gasteiger partial charge >= 0.3 is 0 Å². The molecule has 1 heterocycles. The van der Waals surface area contributed by atoms with E-state index < -0.39 is 5.82 Å². The van der Waals surface area contributed by atoms with E-state index in [1.807, 2.05) is 20.8 Å². The van der Waals surface area contributed by atoms with Crippen LogP contribution in [0.3, 0.4) is 0 Å². The molecule has 0 aliphatic heterocycles. The van der Waals surface area contributed by atoms with Gasteiger partial charge in [-0.3, -0.25) is 0 Å². The van der Waals surface area contributed by atoms with Crippen molar-refractivity contribution in [1.29, 1.82) is 0 Å². The summed E-state index contributed by atoms with van der Waals surface area (Å²) in [5.41, 5.74) is 5.48. The summed E-state index contributed by atoms with van der Waals surface area (Å²) in [5.74, 6) is 1.02. The molecule has 2 aromatic rings. The fourth-order valence-corrected chi connectivity index (χ4v) is 1.71. The topological polar surface area (TPSA) is 61.0 Å². The second kappa shape index (κ2) is 5.25. The molecule has 0 spiro atoms. The molecule has 0 unspecified atom stereocenters. The van der Waals surface area contributed by atoms with Crippen LogP contribution in [0, 0.1) is 5.82 Å². The zero-order valence-electron chi connectivity index (χ0n) is 11.4. The van der Waals surface area contributed by atoms with Gasteiger partial charge in [-0.2, -0.15) is 4.98 Å². The van der Waals surface area contributed by atoms with Crippen LogP contribution in [0.1, 0.15) is 26.6 Å². The largest absolute Gasteiger partial charge is 0.437 e. The van der Waals surface area contributed by atoms with Crippen molar-refractivity contribution >= 4 is 17.4 Å². The van der Waals surface area contributed by atoms with Crippen LogP contribution in [-0.4, -0.2) is 9.97 Å². The van der Waals surface area contributed by atoms with Gasteiger partial charge < -0.3 is 10.5 Å². The zero-order chi connectivity index (χ0) is 14.9. The molecule has 2 N–H and O–H groups in total. The lowest BCUT2D eigenvalue weighted by Gasteiger charge is -2.17. The van der Waals surface area contributed by atoms with E-state index in [9.17, 15) is 4.39 Å². The smallest absolute Gasteiger partial charge is 0.224 e. The van der Waals surface area contributed by atoms with Crippen molar-refractivity contribution in [3.05, 3.63) is 40.9 Å². The van der Waals surface area contributed by atoms with Gasteiger partial charge in [-0.1, -0.05) is 32.4 Å². The molecule has 2 rings (SSSR count). The Labute approximate surface area is 121 Å². The number of rotatable bonds is 2. The first-order valence-electron chi connectivity index (χ1n) is 6.03. The van der Waals surface area contributed by atoms with Gasteiger partial charge in [-0.15, -0.1) is 0 Å². The Morgan fingerprint density at radius 3 is 2.50 bits per heavy atom. The summed E-state index contributed by atoms with van der Waals surface area (Å²) < 4.78 is 18.5. The van der Waals surface area contributed by atoms with Gasteiger partial charge in [0.1, 0.15) is 23.2 Å². The molecule has 0 aliphatic rings. The van der Waals surface area contributed by atoms with Crippen LogP contribution in [0.2, 0.25) is 5.02 Å². The minimum Gasteiger partial charge on any atom is -0.437 e. The summed E-state index contributed by atoms with van der Waals surface area (Å²) in [6.45, 7) is 5.91. The van der Waals surface area contributed by atoms with Crippen molar-refractivity contribution in [2.24, 2.45) is 0 Å². The molecule has 0 saturated heterocycles. The average molecular weight is 296 g/mol. The zero-order valence-corrected chi connectivity index (χ0v) is 12.2. The summed E-state index contributed by atoms with van der Waals surface area (Å²) in [6.07, 6.45) is 0. The van der Waals surface area contributed by atoms with E-state index in [0.29, 0.717) is 17.4 Å². The number of ether oxygens (including phenoxy) is 1. The Morgan fingerprint density at radius 2 is 1.90 bits per heavy atom. The van der Waals surface area contributed by atoms with E-state index in [1.165, 1.54) is 24.3 Å². The number of halogens is 2. The van der Waals surface area contributed by atoms with Crippen LogP contribution in [0.15, 0.2) is 24.3 Å². The maximum Gasteiger partial charge on any atom is 0.224 e. The van der Waals surface area contributed by atoms with Crippen LogP contribution in [-0.2, 0) is 5.41 Å². The van der Waals surface area contributed by atoms with Gasteiger partial charge in [-0.25, -0.2) is 9.37 Å². The first-order valence-corrected chi connectivity index (χ1v) is 6.41. The SMILES string of the molecule is CC(C)(C)c1nc(N)cc(Oc2ccc(F)cc2Cl)n1. The molecule has 20 heavy (non-hydrogen) atoms. The van der Waals surface area contributed by atoms with Crippen LogP contribution >= 0.6 is 11.6 Å². The van der Waals surface area contributed by atoms with Gasteiger partial charge in [-0.05, 0) is 18.2 Å². The lowest BCUT2D eigenvalue weighted by atomic mass is 9.96. The maximum atomic E-state index is 13.0. The van der Waals surface area contributed by atoms with E-state index in [1.54, 1.807) is 0 Å². The molecule has 0 bridgehead atoms. The fraction of sp³-hybridized carbons (Fsp3) is 0.286. The van der Waals surface area contributed by atoms with Crippen LogP contribution in [0.4, 0.5) is 10.2 Å². The predicted octanol–water partition coefficient (Wildman–Crippen LogP) is 3.94. The van der Waals surface area contributed by atoms with Crippen LogP contribution < -0.4 is 10.5 Å². The van der Waals surface area contributed by atoms with Crippen LogP contribution in [0.5, 0.6) is 11.6 Å². The molecule has 0 fully saturated rings. The molecule has 106 valence electrons. The summed E-state index contributed by atoms with van der Waals surface area (Å²) in [4.78, 5) is 8.47. The first kappa shape index (κ1) is 14.5. The third-order valence-electron chi connectivity index (χ3n) is 2.50. The minimum atomic E-state index is -0.431. The monoisotopic (exact) mass is 295 g/mol. The van der Waals surface area contributed by atoms with Gasteiger partial charge in [0.2, 0.25) is 5.88 Å². The van der Waals surface area contributed by atoms with E-state index in [-0.39, 0.29) is 16.3 Å². The highest BCUT2D eigenvalue weighted by Gasteiger charge is 2.19. The Kier molecular flexibility index (Phi) is 3.81. The third-order valence-corrected chi connectivity index (χ3v) is 2.80. The molecular weight excluding hydrogens is 281 g/mol. The lowest BCUT2D eigenvalue weighted by molar-refractivity contribution is 0.445. The Bertz CT molecular complexity index is 641. The number of hydrogen-bond donors (Lipinski definition) is 1. The average Bonchev–Trinajstić information content (AvgIpc) is 2.31. The minimum absolute atomic E-state index is 0.166. The van der Waals surface area contributed by atoms with Crippen molar-refractivity contribution in [1.82, 2.24) is 9.97 Å². The number of nitrogens with zero attached hydrogens (tertiary/aromatic N) is 2. The standard InChI is InChI=1S/C14H15ClFN3O/c1-14(2,3)13-18-11(17)7-12(19-13)20-10-5-4-8(16)6-9(10)15/h4-7H,1-3H3,(H2,17,18,19). The van der Waals surface area contributed by atoms with Crippen molar-refractivity contribution < 1.29 is 9.13 Å². The Hall–Kier alpha value is -1.88. The molecule has 0 amide bonds. The number of nitrogen functional groups attached to an aromatic ring is 1. The molecule has 6 heteroatoms. The highest BCUT2D eigenvalue weighted by molar-refractivity contribution is 6.32. The second-order valence-electron chi connectivity index (χ2n) is 5.38. The van der Waals surface area contributed by atoms with E-state index in [2.05, 4.69) is 9.97 Å². The number of anilines is 1. The quantitative estimate of drug-likeness (QED) is 0.911. The fourth-order valence-electron chi connectivity index (χ4n) is 1.50. The van der Waals surface area contributed by atoms with Gasteiger partial charge in [0.15, 0.2) is 0 Å². The number of aromatic nitrogens is 2. The number of benzene rings is 1. The van der Waals surface area contributed by atoms with Crippen molar-refractivity contribution in [2.45, 2.75) is 26.2 Å². The molecule has 1 aromatic carbocycles. The van der Waals surface area contributed by atoms with E-state index in [0.717, 1.165) is 0 Å². The van der Waals surface area contributed by atoms with E-state index >= 15 is 0 Å². The Balaban J connectivity index is 2.36. The second-order valence-corrected chi connectivity index (χ2v) is 5.79. The summed E-state index contributed by atoms with van der Waals surface area (Å²) in [6, 6.07) is 5.37. The van der Waals surface area contributed by atoms with E-state index in [4.69, 9.17) is 22.1 Å². The molecule has 1 aromatic heterocycles. The Morgan fingerprint density at radius 1 is 1.20 bits per heavy atom. The van der Waals surface area contributed by atoms with Crippen molar-refractivity contribution in [2.75, 3.05) is 5.73 Å². The summed E-state index contributed by atoms with van der Waals surface area (Å²) in [5, 5.41) is 0.166. The number of nitrogens with two attached hydrogens (primary N) is 1. The maximum absolute atomic E-state index is 13.0. The highest BCUT2D eigenvalue weighted by Crippen LogP contribution is 2.30. The molecule has 0 atom stereocenters. The van der Waals surface area contributed by atoms with Crippen molar-refractivity contribution in [3.8, 4) is 11.6 Å². The first-order chi connectivity index (χ1) is 9.25. The molecule has 0 saturated carbocycles.